The zero-order valence-electron chi connectivity index (χ0n) is 13.5. The zero-order valence-corrected chi connectivity index (χ0v) is 15.0. The molecule has 1 aromatic heterocycles. The molecule has 0 bridgehead atoms. The van der Waals surface area contributed by atoms with Crippen molar-refractivity contribution in [3.63, 3.8) is 0 Å². The number of benzene rings is 1. The molecule has 0 aliphatic carbocycles. The Labute approximate surface area is 150 Å². The van der Waals surface area contributed by atoms with Crippen molar-refractivity contribution >= 4 is 40.6 Å². The van der Waals surface area contributed by atoms with Crippen LogP contribution < -0.4 is 14.8 Å². The SMILES string of the molecule is CCOc1cc2c(cc1NC(=O)/C=C/c1ccc(Cl)s1)OC(C)C2. The van der Waals surface area contributed by atoms with Gasteiger partial charge in [-0.05, 0) is 38.1 Å². The maximum atomic E-state index is 12.2. The smallest absolute Gasteiger partial charge is 0.248 e. The normalized spacial score (nSPS) is 16.0. The quantitative estimate of drug-likeness (QED) is 0.778. The van der Waals surface area contributed by atoms with Crippen LogP contribution in [-0.2, 0) is 11.2 Å². The van der Waals surface area contributed by atoms with Crippen molar-refractivity contribution in [2.75, 3.05) is 11.9 Å². The van der Waals surface area contributed by atoms with E-state index in [0.717, 1.165) is 22.6 Å². The molecule has 0 radical (unpaired) electrons. The molecule has 24 heavy (non-hydrogen) atoms. The van der Waals surface area contributed by atoms with Gasteiger partial charge in [0.2, 0.25) is 5.91 Å². The van der Waals surface area contributed by atoms with Crippen molar-refractivity contribution in [1.82, 2.24) is 0 Å². The van der Waals surface area contributed by atoms with Crippen LogP contribution in [0.3, 0.4) is 0 Å². The van der Waals surface area contributed by atoms with Gasteiger partial charge in [-0.25, -0.2) is 0 Å². The Morgan fingerprint density at radius 2 is 2.33 bits per heavy atom. The van der Waals surface area contributed by atoms with Gasteiger partial charge in [0, 0.05) is 29.0 Å². The van der Waals surface area contributed by atoms with Gasteiger partial charge < -0.3 is 14.8 Å². The van der Waals surface area contributed by atoms with Gasteiger partial charge >= 0.3 is 0 Å². The molecule has 6 heteroatoms. The Balaban J connectivity index is 1.77. The summed E-state index contributed by atoms with van der Waals surface area (Å²) < 4.78 is 12.1. The average Bonchev–Trinajstić information content (AvgIpc) is 3.10. The molecule has 1 aliphatic heterocycles. The van der Waals surface area contributed by atoms with Gasteiger partial charge in [-0.15, -0.1) is 11.3 Å². The Hall–Kier alpha value is -1.98. The third-order valence-corrected chi connectivity index (χ3v) is 4.75. The number of hydrogen-bond acceptors (Lipinski definition) is 4. The second-order valence-electron chi connectivity index (χ2n) is 5.49. The van der Waals surface area contributed by atoms with E-state index in [1.165, 1.54) is 17.4 Å². The second kappa shape index (κ2) is 7.28. The molecule has 3 rings (SSSR count). The third kappa shape index (κ3) is 3.91. The summed E-state index contributed by atoms with van der Waals surface area (Å²) in [6, 6.07) is 7.45. The van der Waals surface area contributed by atoms with Crippen LogP contribution in [0.25, 0.3) is 6.08 Å². The highest BCUT2D eigenvalue weighted by Gasteiger charge is 2.22. The molecule has 1 atom stereocenters. The maximum absolute atomic E-state index is 12.2. The predicted molar refractivity (Wildman–Crippen MR) is 98.4 cm³/mol. The van der Waals surface area contributed by atoms with Gasteiger partial charge in [0.25, 0.3) is 0 Å². The van der Waals surface area contributed by atoms with Crippen molar-refractivity contribution in [2.24, 2.45) is 0 Å². The summed E-state index contributed by atoms with van der Waals surface area (Å²) in [6.07, 6.45) is 4.21. The summed E-state index contributed by atoms with van der Waals surface area (Å²) in [5.74, 6) is 1.23. The monoisotopic (exact) mass is 363 g/mol. The number of carbonyl (C=O) groups excluding carboxylic acids is 1. The standard InChI is InChI=1S/C18H18ClNO3S/c1-3-22-16-9-12-8-11(2)23-15(12)10-14(16)20-18(21)7-5-13-4-6-17(19)24-13/h4-7,9-11H,3,8H2,1-2H3,(H,20,21)/b7-5+. The summed E-state index contributed by atoms with van der Waals surface area (Å²) in [4.78, 5) is 13.1. The van der Waals surface area contributed by atoms with Gasteiger partial charge in [-0.2, -0.15) is 0 Å². The molecular formula is C18H18ClNO3S. The van der Waals surface area contributed by atoms with Crippen molar-refractivity contribution in [3.05, 3.63) is 45.1 Å². The van der Waals surface area contributed by atoms with Crippen LogP contribution in [0, 0.1) is 0 Å². The van der Waals surface area contributed by atoms with E-state index in [0.29, 0.717) is 22.4 Å². The molecule has 4 nitrogen and oxygen atoms in total. The first-order valence-electron chi connectivity index (χ1n) is 7.76. The minimum absolute atomic E-state index is 0.143. The summed E-state index contributed by atoms with van der Waals surface area (Å²) in [5.41, 5.74) is 1.72. The van der Waals surface area contributed by atoms with Crippen molar-refractivity contribution in [2.45, 2.75) is 26.4 Å². The van der Waals surface area contributed by atoms with E-state index < -0.39 is 0 Å². The minimum atomic E-state index is -0.230. The van der Waals surface area contributed by atoms with Crippen LogP contribution in [-0.4, -0.2) is 18.6 Å². The number of amides is 1. The topological polar surface area (TPSA) is 47.6 Å². The summed E-state index contributed by atoms with van der Waals surface area (Å²) >= 11 is 7.30. The molecule has 1 amide bonds. The molecule has 1 aromatic carbocycles. The van der Waals surface area contributed by atoms with Gasteiger partial charge in [0.05, 0.1) is 16.6 Å². The van der Waals surface area contributed by atoms with Crippen LogP contribution in [0.5, 0.6) is 11.5 Å². The van der Waals surface area contributed by atoms with Gasteiger partial charge in [0.1, 0.15) is 17.6 Å². The fourth-order valence-corrected chi connectivity index (χ4v) is 3.53. The van der Waals surface area contributed by atoms with Crippen molar-refractivity contribution < 1.29 is 14.3 Å². The van der Waals surface area contributed by atoms with Crippen LogP contribution in [0.15, 0.2) is 30.3 Å². The lowest BCUT2D eigenvalue weighted by Gasteiger charge is -2.12. The number of thiophene rings is 1. The van der Waals surface area contributed by atoms with Crippen LogP contribution in [0.1, 0.15) is 24.3 Å². The third-order valence-electron chi connectivity index (χ3n) is 3.55. The predicted octanol–water partition coefficient (Wildman–Crippen LogP) is 4.78. The Morgan fingerprint density at radius 1 is 1.50 bits per heavy atom. The van der Waals surface area contributed by atoms with E-state index in [1.807, 2.05) is 32.0 Å². The summed E-state index contributed by atoms with van der Waals surface area (Å²) in [5, 5.41) is 2.86. The van der Waals surface area contributed by atoms with E-state index >= 15 is 0 Å². The van der Waals surface area contributed by atoms with E-state index in [1.54, 1.807) is 12.1 Å². The van der Waals surface area contributed by atoms with Crippen LogP contribution >= 0.6 is 22.9 Å². The molecule has 126 valence electrons. The van der Waals surface area contributed by atoms with Crippen LogP contribution in [0.4, 0.5) is 5.69 Å². The molecule has 1 aliphatic rings. The lowest BCUT2D eigenvalue weighted by atomic mass is 10.1. The van der Waals surface area contributed by atoms with E-state index in [-0.39, 0.29) is 12.0 Å². The number of carbonyl (C=O) groups is 1. The molecule has 0 saturated carbocycles. The minimum Gasteiger partial charge on any atom is -0.492 e. The summed E-state index contributed by atoms with van der Waals surface area (Å²) in [6.45, 7) is 4.47. The first-order chi connectivity index (χ1) is 11.5. The molecular weight excluding hydrogens is 346 g/mol. The number of nitrogens with one attached hydrogen (secondary N) is 1. The molecule has 0 saturated heterocycles. The van der Waals surface area contributed by atoms with Crippen molar-refractivity contribution in [1.29, 1.82) is 0 Å². The number of halogens is 1. The number of hydrogen-bond donors (Lipinski definition) is 1. The molecule has 0 spiro atoms. The molecule has 2 aromatic rings. The molecule has 1 N–H and O–H groups in total. The Morgan fingerprint density at radius 3 is 3.04 bits per heavy atom. The lowest BCUT2D eigenvalue weighted by Crippen LogP contribution is -2.09. The van der Waals surface area contributed by atoms with Gasteiger partial charge in [0.15, 0.2) is 0 Å². The second-order valence-corrected chi connectivity index (χ2v) is 7.23. The number of ether oxygens (including phenoxy) is 2. The fourth-order valence-electron chi connectivity index (χ4n) is 2.56. The molecule has 0 fully saturated rings. The zero-order chi connectivity index (χ0) is 17.1. The van der Waals surface area contributed by atoms with Crippen molar-refractivity contribution in [3.8, 4) is 11.5 Å². The first kappa shape index (κ1) is 16.9. The highest BCUT2D eigenvalue weighted by atomic mass is 35.5. The average molecular weight is 364 g/mol. The Bertz CT molecular complexity index is 785. The lowest BCUT2D eigenvalue weighted by molar-refractivity contribution is -0.111. The fraction of sp³-hybridized carbons (Fsp3) is 0.278. The molecule has 2 heterocycles. The van der Waals surface area contributed by atoms with E-state index in [4.69, 9.17) is 21.1 Å². The number of fused-ring (bicyclic) bond motifs is 1. The first-order valence-corrected chi connectivity index (χ1v) is 8.95. The van der Waals surface area contributed by atoms with Crippen LogP contribution in [0.2, 0.25) is 4.34 Å². The van der Waals surface area contributed by atoms with Gasteiger partial charge in [-0.1, -0.05) is 11.6 Å². The highest BCUT2D eigenvalue weighted by Crippen LogP contribution is 2.38. The Kier molecular flexibility index (Phi) is 5.11. The number of rotatable bonds is 5. The van der Waals surface area contributed by atoms with E-state index in [9.17, 15) is 4.79 Å². The summed E-state index contributed by atoms with van der Waals surface area (Å²) in [7, 11) is 0. The number of anilines is 1. The van der Waals surface area contributed by atoms with E-state index in [2.05, 4.69) is 5.32 Å². The highest BCUT2D eigenvalue weighted by molar-refractivity contribution is 7.17. The largest absolute Gasteiger partial charge is 0.492 e. The maximum Gasteiger partial charge on any atom is 0.248 e. The molecule has 1 unspecified atom stereocenters. The van der Waals surface area contributed by atoms with Gasteiger partial charge in [-0.3, -0.25) is 4.79 Å².